The van der Waals surface area contributed by atoms with Crippen LogP contribution in [0.2, 0.25) is 0 Å². The van der Waals surface area contributed by atoms with Gasteiger partial charge in [-0.3, -0.25) is 4.79 Å². The summed E-state index contributed by atoms with van der Waals surface area (Å²) in [7, 11) is 0. The summed E-state index contributed by atoms with van der Waals surface area (Å²) in [4.78, 5) is 14.4. The van der Waals surface area contributed by atoms with Crippen LogP contribution < -0.4 is 5.43 Å². The summed E-state index contributed by atoms with van der Waals surface area (Å²) in [5, 5.41) is 8.97. The Morgan fingerprint density at radius 2 is 2.20 bits per heavy atom. The van der Waals surface area contributed by atoms with Gasteiger partial charge in [-0.1, -0.05) is 6.07 Å². The summed E-state index contributed by atoms with van der Waals surface area (Å²) in [5.74, 6) is -0.489. The Morgan fingerprint density at radius 1 is 1.47 bits per heavy atom. The minimum Gasteiger partial charge on any atom is -0.355 e. The molecule has 0 atom stereocenters. The van der Waals surface area contributed by atoms with Crippen LogP contribution in [0.25, 0.3) is 10.9 Å². The highest BCUT2D eigenvalue weighted by Crippen LogP contribution is 2.13. The molecule has 0 saturated carbocycles. The Balaban J connectivity index is 3.06. The number of nitriles is 1. The van der Waals surface area contributed by atoms with Crippen molar-refractivity contribution in [3.8, 4) is 6.07 Å². The second kappa shape index (κ2) is 3.21. The predicted molar refractivity (Wildman–Crippen MR) is 54.0 cm³/mol. The van der Waals surface area contributed by atoms with Crippen molar-refractivity contribution in [2.24, 2.45) is 0 Å². The molecule has 4 heteroatoms. The van der Waals surface area contributed by atoms with Crippen LogP contribution in [0.1, 0.15) is 11.3 Å². The maximum atomic E-state index is 13.3. The topological polar surface area (TPSA) is 56.6 Å². The molecule has 0 aliphatic heterocycles. The number of pyridine rings is 1. The zero-order chi connectivity index (χ0) is 11.0. The molecule has 0 fully saturated rings. The lowest BCUT2D eigenvalue weighted by molar-refractivity contribution is 0.636. The average molecular weight is 202 g/mol. The van der Waals surface area contributed by atoms with Crippen LogP contribution in [-0.2, 0) is 0 Å². The fourth-order valence-electron chi connectivity index (χ4n) is 1.53. The number of aromatic amines is 1. The Bertz CT molecular complexity index is 637. The van der Waals surface area contributed by atoms with E-state index in [1.807, 2.05) is 6.07 Å². The monoisotopic (exact) mass is 202 g/mol. The van der Waals surface area contributed by atoms with Gasteiger partial charge in [0.25, 0.3) is 0 Å². The second-order valence-corrected chi connectivity index (χ2v) is 3.23. The molecule has 3 nitrogen and oxygen atoms in total. The van der Waals surface area contributed by atoms with E-state index in [4.69, 9.17) is 5.26 Å². The first-order valence-corrected chi connectivity index (χ1v) is 4.36. The van der Waals surface area contributed by atoms with Crippen molar-refractivity contribution in [2.45, 2.75) is 6.92 Å². The number of halogens is 1. The van der Waals surface area contributed by atoms with Crippen LogP contribution in [0.4, 0.5) is 4.39 Å². The first-order valence-electron chi connectivity index (χ1n) is 4.36. The van der Waals surface area contributed by atoms with Crippen molar-refractivity contribution in [3.63, 3.8) is 0 Å². The number of H-pyrrole nitrogens is 1. The lowest BCUT2D eigenvalue weighted by Crippen LogP contribution is -2.11. The molecule has 0 spiro atoms. The normalized spacial score (nSPS) is 10.2. The van der Waals surface area contributed by atoms with Gasteiger partial charge in [0.1, 0.15) is 17.4 Å². The third kappa shape index (κ3) is 1.29. The van der Waals surface area contributed by atoms with Crippen molar-refractivity contribution in [2.75, 3.05) is 0 Å². The molecular formula is C11H7FN2O. The largest absolute Gasteiger partial charge is 0.355 e. The van der Waals surface area contributed by atoms with Crippen molar-refractivity contribution >= 4 is 10.9 Å². The van der Waals surface area contributed by atoms with Gasteiger partial charge in [0.2, 0.25) is 5.43 Å². The molecule has 1 aromatic heterocycles. The molecule has 1 aromatic carbocycles. The molecule has 74 valence electrons. The standard InChI is InChI=1S/C11H7FN2O/c1-6-8(5-13)11(15)7-3-2-4-9(12)10(7)14-6/h2-4H,1H3,(H,14,15). The van der Waals surface area contributed by atoms with Crippen LogP contribution in [0.3, 0.4) is 0 Å². The number of nitrogens with one attached hydrogen (secondary N) is 1. The van der Waals surface area contributed by atoms with Crippen molar-refractivity contribution in [1.82, 2.24) is 4.98 Å². The van der Waals surface area contributed by atoms with E-state index >= 15 is 0 Å². The number of para-hydroxylation sites is 1. The lowest BCUT2D eigenvalue weighted by atomic mass is 10.1. The predicted octanol–water partition coefficient (Wildman–Crippen LogP) is 1.85. The van der Waals surface area contributed by atoms with Gasteiger partial charge in [-0.2, -0.15) is 5.26 Å². The number of nitrogens with zero attached hydrogens (tertiary/aromatic N) is 1. The summed E-state index contributed by atoms with van der Waals surface area (Å²) < 4.78 is 13.3. The number of hydrogen-bond donors (Lipinski definition) is 1. The van der Waals surface area contributed by atoms with E-state index in [-0.39, 0.29) is 16.5 Å². The molecule has 0 aliphatic rings. The minimum absolute atomic E-state index is 0.0353. The molecule has 2 aromatic rings. The van der Waals surface area contributed by atoms with E-state index in [1.54, 1.807) is 6.92 Å². The van der Waals surface area contributed by atoms with E-state index in [2.05, 4.69) is 4.98 Å². The highest BCUT2D eigenvalue weighted by Gasteiger charge is 2.10. The quantitative estimate of drug-likeness (QED) is 0.708. The van der Waals surface area contributed by atoms with Crippen LogP contribution in [-0.4, -0.2) is 4.98 Å². The van der Waals surface area contributed by atoms with Crippen LogP contribution in [0.15, 0.2) is 23.0 Å². The van der Waals surface area contributed by atoms with Crippen molar-refractivity contribution in [3.05, 3.63) is 45.5 Å². The highest BCUT2D eigenvalue weighted by atomic mass is 19.1. The van der Waals surface area contributed by atoms with Crippen molar-refractivity contribution < 1.29 is 4.39 Å². The van der Waals surface area contributed by atoms with Crippen LogP contribution in [0.5, 0.6) is 0 Å². The summed E-state index contributed by atoms with van der Waals surface area (Å²) >= 11 is 0. The van der Waals surface area contributed by atoms with Crippen molar-refractivity contribution in [1.29, 1.82) is 5.26 Å². The van der Waals surface area contributed by atoms with Gasteiger partial charge in [0.05, 0.1) is 5.52 Å². The van der Waals surface area contributed by atoms with E-state index in [9.17, 15) is 9.18 Å². The first kappa shape index (κ1) is 9.41. The third-order valence-corrected chi connectivity index (χ3v) is 2.28. The molecule has 0 radical (unpaired) electrons. The van der Waals surface area contributed by atoms with Gasteiger partial charge in [0, 0.05) is 11.1 Å². The molecule has 1 heterocycles. The zero-order valence-electron chi connectivity index (χ0n) is 7.97. The Labute approximate surface area is 84.8 Å². The van der Waals surface area contributed by atoms with Gasteiger partial charge in [-0.05, 0) is 19.1 Å². The van der Waals surface area contributed by atoms with E-state index in [0.717, 1.165) is 0 Å². The Kier molecular flexibility index (Phi) is 2.01. The number of rotatable bonds is 0. The third-order valence-electron chi connectivity index (χ3n) is 2.28. The van der Waals surface area contributed by atoms with E-state index < -0.39 is 11.2 Å². The van der Waals surface area contributed by atoms with Gasteiger partial charge >= 0.3 is 0 Å². The molecule has 0 bridgehead atoms. The summed E-state index contributed by atoms with van der Waals surface area (Å²) in [6.45, 7) is 1.58. The Morgan fingerprint density at radius 3 is 2.87 bits per heavy atom. The maximum Gasteiger partial charge on any atom is 0.207 e. The van der Waals surface area contributed by atoms with Gasteiger partial charge < -0.3 is 4.98 Å². The van der Waals surface area contributed by atoms with Crippen LogP contribution >= 0.6 is 0 Å². The smallest absolute Gasteiger partial charge is 0.207 e. The molecule has 0 amide bonds. The number of benzene rings is 1. The summed E-state index contributed by atoms with van der Waals surface area (Å²) in [5.41, 5.74) is 0.149. The first-order chi connectivity index (χ1) is 7.15. The summed E-state index contributed by atoms with van der Waals surface area (Å²) in [6.07, 6.45) is 0. The van der Waals surface area contributed by atoms with E-state index in [1.165, 1.54) is 18.2 Å². The van der Waals surface area contributed by atoms with Gasteiger partial charge in [-0.15, -0.1) is 0 Å². The minimum atomic E-state index is -0.489. The molecule has 0 unspecified atom stereocenters. The number of fused-ring (bicyclic) bond motifs is 1. The number of aromatic nitrogens is 1. The molecular weight excluding hydrogens is 195 g/mol. The molecule has 15 heavy (non-hydrogen) atoms. The van der Waals surface area contributed by atoms with E-state index in [0.29, 0.717) is 5.69 Å². The van der Waals surface area contributed by atoms with Crippen LogP contribution in [0, 0.1) is 24.1 Å². The van der Waals surface area contributed by atoms with Gasteiger partial charge in [0.15, 0.2) is 0 Å². The molecule has 0 saturated heterocycles. The highest BCUT2D eigenvalue weighted by molar-refractivity contribution is 5.80. The fraction of sp³-hybridized carbons (Fsp3) is 0.0909. The van der Waals surface area contributed by atoms with Gasteiger partial charge in [-0.25, -0.2) is 4.39 Å². The fourth-order valence-corrected chi connectivity index (χ4v) is 1.53. The maximum absolute atomic E-state index is 13.3. The molecule has 2 rings (SSSR count). The summed E-state index contributed by atoms with van der Waals surface area (Å²) in [6, 6.07) is 6.02. The Hall–Kier alpha value is -2.15. The molecule has 0 aliphatic carbocycles. The number of hydrogen-bond acceptors (Lipinski definition) is 2. The zero-order valence-corrected chi connectivity index (χ0v) is 7.97. The number of aryl methyl sites for hydroxylation is 1. The average Bonchev–Trinajstić information content (AvgIpc) is 2.20. The molecule has 1 N–H and O–H groups in total. The lowest BCUT2D eigenvalue weighted by Gasteiger charge is -2.02. The SMILES string of the molecule is Cc1[nH]c2c(F)cccc2c(=O)c1C#N. The second-order valence-electron chi connectivity index (χ2n) is 3.23.